The highest BCUT2D eigenvalue weighted by molar-refractivity contribution is 5.81. The Labute approximate surface area is 178 Å². The molecule has 160 valence electrons. The molecule has 29 heavy (non-hydrogen) atoms. The van der Waals surface area contributed by atoms with Crippen LogP contribution in [0.2, 0.25) is 0 Å². The lowest BCUT2D eigenvalue weighted by molar-refractivity contribution is 0.590. The van der Waals surface area contributed by atoms with Gasteiger partial charge in [-0.1, -0.05) is 53.7 Å². The molecule has 0 saturated carbocycles. The number of hydrogen-bond acceptors (Lipinski definition) is 3. The maximum atomic E-state index is 3.68. The van der Waals surface area contributed by atoms with Gasteiger partial charge in [-0.3, -0.25) is 0 Å². The molecule has 0 amide bonds. The fourth-order valence-corrected chi connectivity index (χ4v) is 3.25. The largest absolute Gasteiger partial charge is 0.381 e. The van der Waals surface area contributed by atoms with E-state index in [1.54, 1.807) is 0 Å². The highest BCUT2D eigenvalue weighted by atomic mass is 15.0. The van der Waals surface area contributed by atoms with Crippen LogP contribution < -0.4 is 16.0 Å². The summed E-state index contributed by atoms with van der Waals surface area (Å²) in [7, 11) is 0. The predicted octanol–water partition coefficient (Wildman–Crippen LogP) is 7.67. The molecule has 0 aliphatic heterocycles. The molecule has 0 radical (unpaired) electrons. The van der Waals surface area contributed by atoms with Gasteiger partial charge in [0.2, 0.25) is 0 Å². The van der Waals surface area contributed by atoms with Crippen LogP contribution in [0.1, 0.15) is 80.4 Å². The van der Waals surface area contributed by atoms with Gasteiger partial charge in [-0.15, -0.1) is 0 Å². The van der Waals surface area contributed by atoms with Crippen LogP contribution in [-0.2, 0) is 10.8 Å². The standard InChI is InChI=1S/C26H41N3/c1-17(2)27-23-15-19(25(5,6)7)11-13-21(23)29-22-14-12-20(26(8,9)10)16-24(22)28-18(3)4/h11-18,27-29H,1-10H3. The van der Waals surface area contributed by atoms with Crippen molar-refractivity contribution in [3.63, 3.8) is 0 Å². The summed E-state index contributed by atoms with van der Waals surface area (Å²) in [5, 5.41) is 10.9. The highest BCUT2D eigenvalue weighted by Crippen LogP contribution is 2.36. The zero-order chi connectivity index (χ0) is 22.0. The van der Waals surface area contributed by atoms with Crippen molar-refractivity contribution >= 4 is 22.7 Å². The fourth-order valence-electron chi connectivity index (χ4n) is 3.25. The molecule has 0 atom stereocenters. The van der Waals surface area contributed by atoms with E-state index in [1.165, 1.54) is 11.1 Å². The summed E-state index contributed by atoms with van der Waals surface area (Å²) >= 11 is 0. The summed E-state index contributed by atoms with van der Waals surface area (Å²) in [6.07, 6.45) is 0. The molecular weight excluding hydrogens is 354 g/mol. The molecule has 3 N–H and O–H groups in total. The molecular formula is C26H41N3. The van der Waals surface area contributed by atoms with E-state index in [0.717, 1.165) is 22.7 Å². The van der Waals surface area contributed by atoms with E-state index < -0.39 is 0 Å². The van der Waals surface area contributed by atoms with Gasteiger partial charge in [0.25, 0.3) is 0 Å². The van der Waals surface area contributed by atoms with Gasteiger partial charge in [0.15, 0.2) is 0 Å². The summed E-state index contributed by atoms with van der Waals surface area (Å²) in [6, 6.07) is 14.1. The lowest BCUT2D eigenvalue weighted by Crippen LogP contribution is -2.17. The highest BCUT2D eigenvalue weighted by Gasteiger charge is 2.18. The van der Waals surface area contributed by atoms with Gasteiger partial charge >= 0.3 is 0 Å². The molecule has 0 saturated heterocycles. The molecule has 2 aromatic carbocycles. The maximum absolute atomic E-state index is 3.68. The van der Waals surface area contributed by atoms with E-state index in [-0.39, 0.29) is 10.8 Å². The first-order valence-electron chi connectivity index (χ1n) is 10.9. The third-order valence-electron chi connectivity index (χ3n) is 4.93. The van der Waals surface area contributed by atoms with E-state index in [1.807, 2.05) is 0 Å². The molecule has 3 heteroatoms. The monoisotopic (exact) mass is 395 g/mol. The van der Waals surface area contributed by atoms with E-state index in [4.69, 9.17) is 0 Å². The van der Waals surface area contributed by atoms with Gasteiger partial charge in [-0.2, -0.15) is 0 Å². The minimum atomic E-state index is 0.116. The van der Waals surface area contributed by atoms with E-state index >= 15 is 0 Å². The molecule has 0 fully saturated rings. The average molecular weight is 396 g/mol. The molecule has 0 heterocycles. The number of hydrogen-bond donors (Lipinski definition) is 3. The van der Waals surface area contributed by atoms with E-state index in [2.05, 4.69) is 122 Å². The minimum Gasteiger partial charge on any atom is -0.381 e. The Morgan fingerprint density at radius 2 is 0.897 bits per heavy atom. The summed E-state index contributed by atoms with van der Waals surface area (Å²) in [4.78, 5) is 0. The smallest absolute Gasteiger partial charge is 0.0620 e. The van der Waals surface area contributed by atoms with Gasteiger partial charge in [-0.25, -0.2) is 0 Å². The van der Waals surface area contributed by atoms with Crippen molar-refractivity contribution in [3.8, 4) is 0 Å². The fraction of sp³-hybridized carbons (Fsp3) is 0.538. The Kier molecular flexibility index (Phi) is 6.93. The Balaban J connectivity index is 2.48. The van der Waals surface area contributed by atoms with Crippen LogP contribution in [0.25, 0.3) is 0 Å². The van der Waals surface area contributed by atoms with Gasteiger partial charge < -0.3 is 16.0 Å². The Morgan fingerprint density at radius 3 is 1.17 bits per heavy atom. The molecule has 0 spiro atoms. The number of nitrogens with one attached hydrogen (secondary N) is 3. The average Bonchev–Trinajstić information content (AvgIpc) is 2.55. The Hall–Kier alpha value is -2.16. The molecule has 0 bridgehead atoms. The Bertz CT molecular complexity index is 751. The quantitative estimate of drug-likeness (QED) is 0.469. The lowest BCUT2D eigenvalue weighted by Gasteiger charge is -2.25. The Morgan fingerprint density at radius 1 is 0.552 bits per heavy atom. The van der Waals surface area contributed by atoms with Crippen molar-refractivity contribution in [2.75, 3.05) is 16.0 Å². The van der Waals surface area contributed by atoms with Crippen molar-refractivity contribution in [2.24, 2.45) is 0 Å². The molecule has 2 aromatic rings. The number of benzene rings is 2. The molecule has 2 rings (SSSR count). The molecule has 0 aromatic heterocycles. The molecule has 3 nitrogen and oxygen atoms in total. The SMILES string of the molecule is CC(C)Nc1cc(C(C)(C)C)ccc1Nc1ccc(C(C)(C)C)cc1NC(C)C. The zero-order valence-corrected chi connectivity index (χ0v) is 20.1. The summed E-state index contributed by atoms with van der Waals surface area (Å²) < 4.78 is 0. The summed E-state index contributed by atoms with van der Waals surface area (Å²) in [6.45, 7) is 22.2. The van der Waals surface area contributed by atoms with Crippen LogP contribution in [0.15, 0.2) is 36.4 Å². The van der Waals surface area contributed by atoms with Crippen LogP contribution in [0.4, 0.5) is 22.7 Å². The van der Waals surface area contributed by atoms with Crippen molar-refractivity contribution in [3.05, 3.63) is 47.5 Å². The molecule has 0 aliphatic rings. The number of rotatable bonds is 6. The van der Waals surface area contributed by atoms with E-state index in [0.29, 0.717) is 12.1 Å². The normalized spacial score (nSPS) is 12.4. The first kappa shape index (κ1) is 23.1. The van der Waals surface area contributed by atoms with Crippen LogP contribution in [0.5, 0.6) is 0 Å². The predicted molar refractivity (Wildman–Crippen MR) is 131 cm³/mol. The third-order valence-corrected chi connectivity index (χ3v) is 4.93. The molecule has 0 unspecified atom stereocenters. The topological polar surface area (TPSA) is 36.1 Å². The first-order chi connectivity index (χ1) is 13.3. The number of anilines is 4. The van der Waals surface area contributed by atoms with Gasteiger partial charge in [0.1, 0.15) is 0 Å². The van der Waals surface area contributed by atoms with Gasteiger partial charge in [0, 0.05) is 12.1 Å². The van der Waals surface area contributed by atoms with Gasteiger partial charge in [-0.05, 0) is 73.9 Å². The zero-order valence-electron chi connectivity index (χ0n) is 20.1. The summed E-state index contributed by atoms with van der Waals surface area (Å²) in [5.74, 6) is 0. The second-order valence-electron chi connectivity index (χ2n) is 10.7. The van der Waals surface area contributed by atoms with Gasteiger partial charge in [0.05, 0.1) is 22.7 Å². The van der Waals surface area contributed by atoms with Crippen LogP contribution in [-0.4, -0.2) is 12.1 Å². The summed E-state index contributed by atoms with van der Waals surface area (Å²) in [5.41, 5.74) is 7.37. The van der Waals surface area contributed by atoms with Crippen molar-refractivity contribution in [2.45, 2.75) is 92.2 Å². The van der Waals surface area contributed by atoms with Crippen LogP contribution >= 0.6 is 0 Å². The van der Waals surface area contributed by atoms with Crippen molar-refractivity contribution in [1.82, 2.24) is 0 Å². The lowest BCUT2D eigenvalue weighted by atomic mass is 9.86. The second kappa shape index (κ2) is 8.69. The van der Waals surface area contributed by atoms with Crippen molar-refractivity contribution in [1.29, 1.82) is 0 Å². The second-order valence-corrected chi connectivity index (χ2v) is 10.7. The third kappa shape index (κ3) is 6.42. The van der Waals surface area contributed by atoms with Crippen molar-refractivity contribution < 1.29 is 0 Å². The van der Waals surface area contributed by atoms with Crippen LogP contribution in [0.3, 0.4) is 0 Å². The minimum absolute atomic E-state index is 0.116. The van der Waals surface area contributed by atoms with Crippen LogP contribution in [0, 0.1) is 0 Å². The first-order valence-corrected chi connectivity index (χ1v) is 10.9. The van der Waals surface area contributed by atoms with E-state index in [9.17, 15) is 0 Å². The molecule has 0 aliphatic carbocycles. The maximum Gasteiger partial charge on any atom is 0.0620 e.